The number of halogens is 1. The molecule has 3 nitrogen and oxygen atoms in total. The molecule has 0 spiro atoms. The van der Waals surface area contributed by atoms with Gasteiger partial charge in [-0.05, 0) is 57.0 Å². The minimum Gasteiger partial charge on any atom is -0.406 e. The lowest BCUT2D eigenvalue weighted by molar-refractivity contribution is 0.0992. The fourth-order valence-electron chi connectivity index (χ4n) is 3.30. The van der Waals surface area contributed by atoms with E-state index >= 15 is 0 Å². The van der Waals surface area contributed by atoms with Gasteiger partial charge in [-0.2, -0.15) is 0 Å². The van der Waals surface area contributed by atoms with Crippen molar-refractivity contribution >= 4 is 31.0 Å². The quantitative estimate of drug-likeness (QED) is 0.170. The second-order valence-electron chi connectivity index (χ2n) is 9.10. The molecule has 0 atom stereocenters. The molecular weight excluding hydrogens is 398 g/mol. The molecule has 0 N–H and O–H groups in total. The summed E-state index contributed by atoms with van der Waals surface area (Å²) in [5.74, 6) is 0.641. The number of carbonyl (C=O) groups is 1. The molecule has 0 aromatic heterocycles. The molecule has 0 aliphatic carbocycles. The average molecular weight is 436 g/mol. The summed E-state index contributed by atoms with van der Waals surface area (Å²) in [6.07, 6.45) is 3.62. The van der Waals surface area contributed by atoms with Crippen LogP contribution >= 0.6 is 11.6 Å². The van der Waals surface area contributed by atoms with Gasteiger partial charge in [-0.1, -0.05) is 68.9 Å². The van der Waals surface area contributed by atoms with Crippen molar-refractivity contribution in [2.45, 2.75) is 92.0 Å². The van der Waals surface area contributed by atoms with E-state index in [4.69, 9.17) is 16.3 Å². The topological polar surface area (TPSA) is 29.5 Å². The van der Waals surface area contributed by atoms with Crippen molar-refractivity contribution in [3.63, 3.8) is 0 Å². The van der Waals surface area contributed by atoms with Gasteiger partial charge in [0.1, 0.15) is 0 Å². The molecule has 0 aliphatic heterocycles. The molecular formula is C24H38ClNO2Si. The standard InChI is InChI=1S/C24H38ClNO2Si/c1-9-10-11-12-22(28-24(27)26(18(2)3)19(4)5)17-23(29(6,7)8)20-13-15-21(25)16-14-20/h13-16,18-19H,9-12H2,1-8H3. The van der Waals surface area contributed by atoms with E-state index in [0.29, 0.717) is 17.2 Å². The summed E-state index contributed by atoms with van der Waals surface area (Å²) in [4.78, 5) is 14.7. The number of ether oxygens (including phenoxy) is 1. The van der Waals surface area contributed by atoms with Gasteiger partial charge in [-0.25, -0.2) is 4.79 Å². The molecule has 29 heavy (non-hydrogen) atoms. The molecule has 1 aromatic carbocycles. The summed E-state index contributed by atoms with van der Waals surface area (Å²) in [7, 11) is -1.74. The maximum Gasteiger partial charge on any atom is 0.415 e. The van der Waals surface area contributed by atoms with E-state index in [9.17, 15) is 4.79 Å². The summed E-state index contributed by atoms with van der Waals surface area (Å²) < 4.78 is 5.92. The number of unbranched alkanes of at least 4 members (excludes halogenated alkanes) is 2. The number of amides is 1. The maximum atomic E-state index is 12.9. The molecule has 0 heterocycles. The molecule has 0 bridgehead atoms. The Bertz CT molecular complexity index is 718. The monoisotopic (exact) mass is 435 g/mol. The fraction of sp³-hybridized carbons (Fsp3) is 0.583. The van der Waals surface area contributed by atoms with E-state index in [1.165, 1.54) is 0 Å². The zero-order valence-electron chi connectivity index (χ0n) is 19.4. The van der Waals surface area contributed by atoms with Crippen LogP contribution in [0.5, 0.6) is 0 Å². The van der Waals surface area contributed by atoms with Crippen molar-refractivity contribution in [1.82, 2.24) is 4.90 Å². The van der Waals surface area contributed by atoms with Crippen LogP contribution in [0.15, 0.2) is 35.8 Å². The normalized spacial score (nSPS) is 11.4. The number of allylic oxidation sites excluding steroid dienone is 1. The smallest absolute Gasteiger partial charge is 0.406 e. The Kier molecular flexibility index (Phi) is 10.3. The first kappa shape index (κ1) is 25.6. The van der Waals surface area contributed by atoms with E-state index < -0.39 is 8.07 Å². The third-order valence-electron chi connectivity index (χ3n) is 4.69. The number of hydrogen-bond acceptors (Lipinski definition) is 2. The lowest BCUT2D eigenvalue weighted by Crippen LogP contribution is -2.42. The third-order valence-corrected chi connectivity index (χ3v) is 6.85. The van der Waals surface area contributed by atoms with Gasteiger partial charge in [0.15, 0.2) is 5.76 Å². The lowest BCUT2D eigenvalue weighted by Gasteiger charge is -2.29. The zero-order valence-corrected chi connectivity index (χ0v) is 21.2. The largest absolute Gasteiger partial charge is 0.415 e. The average Bonchev–Trinajstić information content (AvgIpc) is 2.58. The molecule has 0 radical (unpaired) electrons. The van der Waals surface area contributed by atoms with Crippen LogP contribution < -0.4 is 0 Å². The molecule has 0 unspecified atom stereocenters. The Labute approximate surface area is 183 Å². The van der Waals surface area contributed by atoms with Crippen molar-refractivity contribution in [2.24, 2.45) is 0 Å². The number of hydrogen-bond donors (Lipinski definition) is 0. The van der Waals surface area contributed by atoms with Crippen molar-refractivity contribution < 1.29 is 9.53 Å². The first-order valence-electron chi connectivity index (χ1n) is 10.7. The molecule has 0 saturated heterocycles. The number of rotatable bonds is 9. The van der Waals surface area contributed by atoms with E-state index in [1.807, 2.05) is 52.0 Å². The van der Waals surface area contributed by atoms with Crippen LogP contribution in [0.25, 0.3) is 5.20 Å². The van der Waals surface area contributed by atoms with Crippen molar-refractivity contribution in [3.05, 3.63) is 46.3 Å². The van der Waals surface area contributed by atoms with Gasteiger partial charge in [-0.15, -0.1) is 0 Å². The Morgan fingerprint density at radius 3 is 2.07 bits per heavy atom. The SMILES string of the molecule is CCCCCC(=C=C(c1ccc(Cl)cc1)[Si](C)(C)C)OC(=O)N(C(C)C)C(C)C. The van der Waals surface area contributed by atoms with Crippen molar-refractivity contribution in [3.8, 4) is 0 Å². The first-order valence-corrected chi connectivity index (χ1v) is 14.6. The van der Waals surface area contributed by atoms with Crippen molar-refractivity contribution in [1.29, 1.82) is 0 Å². The number of benzene rings is 1. The third kappa shape index (κ3) is 8.42. The summed E-state index contributed by atoms with van der Waals surface area (Å²) in [5.41, 5.74) is 4.63. The minimum absolute atomic E-state index is 0.0797. The van der Waals surface area contributed by atoms with Crippen LogP contribution in [0, 0.1) is 0 Å². The van der Waals surface area contributed by atoms with E-state index in [1.54, 1.807) is 4.90 Å². The summed E-state index contributed by atoms with van der Waals surface area (Å²) in [6.45, 7) is 17.1. The predicted molar refractivity (Wildman–Crippen MR) is 128 cm³/mol. The summed E-state index contributed by atoms with van der Waals surface area (Å²) in [6, 6.07) is 8.03. The van der Waals surface area contributed by atoms with E-state index in [2.05, 4.69) is 32.3 Å². The summed E-state index contributed by atoms with van der Waals surface area (Å²) in [5, 5.41) is 1.86. The lowest BCUT2D eigenvalue weighted by atomic mass is 10.1. The van der Waals surface area contributed by atoms with Gasteiger partial charge >= 0.3 is 6.09 Å². The number of nitrogens with zero attached hydrogens (tertiary/aromatic N) is 1. The minimum atomic E-state index is -1.74. The Morgan fingerprint density at radius 1 is 1.07 bits per heavy atom. The van der Waals surface area contributed by atoms with Crippen LogP contribution in [-0.2, 0) is 4.74 Å². The molecule has 5 heteroatoms. The van der Waals surface area contributed by atoms with Gasteiger partial charge in [0, 0.05) is 23.5 Å². The fourth-order valence-corrected chi connectivity index (χ4v) is 4.97. The van der Waals surface area contributed by atoms with Gasteiger partial charge in [0.2, 0.25) is 0 Å². The Balaban J connectivity index is 3.44. The Morgan fingerprint density at radius 2 is 1.62 bits per heavy atom. The highest BCUT2D eigenvalue weighted by Gasteiger charge is 2.25. The van der Waals surface area contributed by atoms with Crippen molar-refractivity contribution in [2.75, 3.05) is 0 Å². The maximum absolute atomic E-state index is 12.9. The summed E-state index contributed by atoms with van der Waals surface area (Å²) >= 11 is 6.09. The van der Waals surface area contributed by atoms with Gasteiger partial charge < -0.3 is 9.64 Å². The van der Waals surface area contributed by atoms with Gasteiger partial charge in [-0.3, -0.25) is 0 Å². The molecule has 0 aliphatic rings. The van der Waals surface area contributed by atoms with Gasteiger partial charge in [0.05, 0.1) is 8.07 Å². The van der Waals surface area contributed by atoms with Crippen LogP contribution in [0.1, 0.15) is 65.9 Å². The molecule has 1 aromatic rings. The molecule has 1 rings (SSSR count). The van der Waals surface area contributed by atoms with Gasteiger partial charge in [0.25, 0.3) is 0 Å². The van der Waals surface area contributed by atoms with Crippen LogP contribution in [-0.4, -0.2) is 31.2 Å². The van der Waals surface area contributed by atoms with E-state index in [0.717, 1.165) is 30.0 Å². The zero-order chi connectivity index (χ0) is 22.2. The Hall–Kier alpha value is -1.48. The molecule has 0 fully saturated rings. The van der Waals surface area contributed by atoms with Crippen LogP contribution in [0.3, 0.4) is 0 Å². The highest BCUT2D eigenvalue weighted by molar-refractivity contribution is 6.93. The van der Waals surface area contributed by atoms with Crippen LogP contribution in [0.4, 0.5) is 4.79 Å². The second kappa shape index (κ2) is 11.6. The van der Waals surface area contributed by atoms with E-state index in [-0.39, 0.29) is 18.2 Å². The first-order chi connectivity index (χ1) is 13.5. The molecule has 1 amide bonds. The number of carbonyl (C=O) groups excluding carboxylic acids is 1. The highest BCUT2D eigenvalue weighted by Crippen LogP contribution is 2.27. The molecule has 0 saturated carbocycles. The molecule has 162 valence electrons. The van der Waals surface area contributed by atoms with Crippen LogP contribution in [0.2, 0.25) is 24.7 Å². The second-order valence-corrected chi connectivity index (χ2v) is 14.5. The predicted octanol–water partition coefficient (Wildman–Crippen LogP) is 7.92. The highest BCUT2D eigenvalue weighted by atomic mass is 35.5.